The molecule has 0 saturated heterocycles. The van der Waals surface area contributed by atoms with E-state index in [1.807, 2.05) is 0 Å². The first-order valence-electron chi connectivity index (χ1n) is 2.65. The van der Waals surface area contributed by atoms with Gasteiger partial charge in [-0.1, -0.05) is 12.2 Å². The molecule has 0 N–H and O–H groups in total. The Hall–Kier alpha value is -0.400. The molecule has 46 valence electrons. The van der Waals surface area contributed by atoms with Crippen molar-refractivity contribution in [1.29, 1.82) is 0 Å². The van der Waals surface area contributed by atoms with Crippen molar-refractivity contribution in [2.24, 2.45) is 0 Å². The molecule has 1 rings (SSSR count). The number of hydrogen-bond donors (Lipinski definition) is 0. The molecule has 0 aromatic heterocycles. The highest BCUT2D eigenvalue weighted by Gasteiger charge is 2.34. The van der Waals surface area contributed by atoms with Crippen LogP contribution in [-0.4, -0.2) is 5.92 Å². The molecule has 0 aromatic rings. The van der Waals surface area contributed by atoms with Gasteiger partial charge in [-0.2, -0.15) is 0 Å². The van der Waals surface area contributed by atoms with E-state index in [0.717, 1.165) is 0 Å². The predicted molar refractivity (Wildman–Crippen MR) is 27.9 cm³/mol. The largest absolute Gasteiger partial charge is 0.252 e. The smallest absolute Gasteiger partial charge is 0.207 e. The third-order valence-electron chi connectivity index (χ3n) is 1.35. The lowest BCUT2D eigenvalue weighted by atomic mass is 10.3. The summed E-state index contributed by atoms with van der Waals surface area (Å²) in [7, 11) is 0. The fourth-order valence-electron chi connectivity index (χ4n) is 0.902. The molecule has 0 bridgehead atoms. The molecule has 0 heterocycles. The predicted octanol–water partition coefficient (Wildman–Crippen LogP) is 2.36. The average molecular weight is 118 g/mol. The number of alkyl halides is 2. The Morgan fingerprint density at radius 2 is 2.12 bits per heavy atom. The van der Waals surface area contributed by atoms with Crippen LogP contribution in [0.3, 0.4) is 0 Å². The first-order valence-corrected chi connectivity index (χ1v) is 2.65. The molecule has 0 aromatic carbocycles. The lowest BCUT2D eigenvalue weighted by molar-refractivity contribution is 0.0124. The van der Waals surface area contributed by atoms with E-state index in [9.17, 15) is 8.78 Å². The molecule has 2 heteroatoms. The molecule has 1 aliphatic rings. The van der Waals surface area contributed by atoms with E-state index in [4.69, 9.17) is 0 Å². The van der Waals surface area contributed by atoms with Crippen molar-refractivity contribution < 1.29 is 8.78 Å². The Bertz CT molecular complexity index is 116. The van der Waals surface area contributed by atoms with Gasteiger partial charge in [-0.25, -0.2) is 8.78 Å². The summed E-state index contributed by atoms with van der Waals surface area (Å²) >= 11 is 0. The van der Waals surface area contributed by atoms with Crippen LogP contribution in [0.25, 0.3) is 0 Å². The summed E-state index contributed by atoms with van der Waals surface area (Å²) in [5, 5.41) is 0. The maximum Gasteiger partial charge on any atom is 0.252 e. The zero-order valence-electron chi connectivity index (χ0n) is 4.58. The van der Waals surface area contributed by atoms with Crippen LogP contribution < -0.4 is 0 Å². The molecule has 1 aliphatic carbocycles. The normalized spacial score (nSPS) is 26.5. The maximum atomic E-state index is 12.1. The molecule has 0 unspecified atom stereocenters. The van der Waals surface area contributed by atoms with Crippen LogP contribution in [0.15, 0.2) is 12.2 Å². The quantitative estimate of drug-likeness (QED) is 0.428. The van der Waals surface area contributed by atoms with Gasteiger partial charge in [0.25, 0.3) is 5.92 Å². The molecule has 0 radical (unpaired) electrons. The Labute approximate surface area is 47.2 Å². The number of rotatable bonds is 0. The minimum atomic E-state index is -2.43. The molecule has 8 heavy (non-hydrogen) atoms. The highest BCUT2D eigenvalue weighted by molar-refractivity contribution is 5.05. The average Bonchev–Trinajstić information content (AvgIpc) is 1.82. The minimum absolute atomic E-state index is 0.00579. The Kier molecular flexibility index (Phi) is 1.10. The lowest BCUT2D eigenvalue weighted by Crippen LogP contribution is -2.07. The van der Waals surface area contributed by atoms with Crippen molar-refractivity contribution in [2.75, 3.05) is 0 Å². The zero-order chi connectivity index (χ0) is 6.20. The molecule has 0 amide bonds. The molecule has 0 aliphatic heterocycles. The lowest BCUT2D eigenvalue weighted by Gasteiger charge is -2.03. The SMILES string of the molecule is C=C1CCC(F)(F)C1. The highest BCUT2D eigenvalue weighted by atomic mass is 19.3. The van der Waals surface area contributed by atoms with Crippen LogP contribution in [0.1, 0.15) is 19.3 Å². The summed E-state index contributed by atoms with van der Waals surface area (Å²) in [6, 6.07) is 0. The van der Waals surface area contributed by atoms with Gasteiger partial charge in [0.05, 0.1) is 0 Å². The van der Waals surface area contributed by atoms with Crippen LogP contribution in [-0.2, 0) is 0 Å². The maximum absolute atomic E-state index is 12.1. The van der Waals surface area contributed by atoms with E-state index in [1.165, 1.54) is 0 Å². The fourth-order valence-corrected chi connectivity index (χ4v) is 0.902. The van der Waals surface area contributed by atoms with Gasteiger partial charge in [0.1, 0.15) is 0 Å². The molecule has 0 spiro atoms. The highest BCUT2D eigenvalue weighted by Crippen LogP contribution is 2.37. The standard InChI is InChI=1S/C6H8F2/c1-5-2-3-6(7,8)4-5/h1-4H2. The van der Waals surface area contributed by atoms with Gasteiger partial charge >= 0.3 is 0 Å². The van der Waals surface area contributed by atoms with Gasteiger partial charge in [0.15, 0.2) is 0 Å². The first kappa shape index (κ1) is 5.73. The van der Waals surface area contributed by atoms with Crippen molar-refractivity contribution >= 4 is 0 Å². The molecule has 0 nitrogen and oxygen atoms in total. The Balaban J connectivity index is 2.56. The Morgan fingerprint density at radius 3 is 2.25 bits per heavy atom. The van der Waals surface area contributed by atoms with Crippen LogP contribution in [0, 0.1) is 0 Å². The second-order valence-electron chi connectivity index (χ2n) is 2.28. The number of hydrogen-bond acceptors (Lipinski definition) is 0. The molecular weight excluding hydrogens is 110 g/mol. The number of halogens is 2. The zero-order valence-corrected chi connectivity index (χ0v) is 4.58. The first-order chi connectivity index (χ1) is 3.60. The second kappa shape index (κ2) is 1.54. The van der Waals surface area contributed by atoms with Crippen molar-refractivity contribution in [2.45, 2.75) is 25.2 Å². The third-order valence-corrected chi connectivity index (χ3v) is 1.35. The molecule has 1 fully saturated rings. The van der Waals surface area contributed by atoms with Gasteiger partial charge in [0.2, 0.25) is 0 Å². The van der Waals surface area contributed by atoms with E-state index in [0.29, 0.717) is 12.0 Å². The monoisotopic (exact) mass is 118 g/mol. The summed E-state index contributed by atoms with van der Waals surface area (Å²) in [6.45, 7) is 3.47. The summed E-state index contributed by atoms with van der Waals surface area (Å²) in [5.74, 6) is -2.43. The van der Waals surface area contributed by atoms with Crippen LogP contribution in [0.5, 0.6) is 0 Å². The van der Waals surface area contributed by atoms with Gasteiger partial charge in [-0.15, -0.1) is 0 Å². The van der Waals surface area contributed by atoms with Gasteiger partial charge in [-0.05, 0) is 6.42 Å². The van der Waals surface area contributed by atoms with Crippen LogP contribution >= 0.6 is 0 Å². The topological polar surface area (TPSA) is 0 Å². The Morgan fingerprint density at radius 1 is 1.50 bits per heavy atom. The van der Waals surface area contributed by atoms with Crippen molar-refractivity contribution in [3.8, 4) is 0 Å². The molecule has 1 saturated carbocycles. The third kappa shape index (κ3) is 1.05. The van der Waals surface area contributed by atoms with E-state index >= 15 is 0 Å². The summed E-state index contributed by atoms with van der Waals surface area (Å²) < 4.78 is 24.3. The minimum Gasteiger partial charge on any atom is -0.207 e. The van der Waals surface area contributed by atoms with Crippen LogP contribution in [0.4, 0.5) is 8.78 Å². The van der Waals surface area contributed by atoms with Gasteiger partial charge < -0.3 is 0 Å². The number of allylic oxidation sites excluding steroid dienone is 1. The van der Waals surface area contributed by atoms with E-state index in [-0.39, 0.29) is 12.8 Å². The molecular formula is C6H8F2. The second-order valence-corrected chi connectivity index (χ2v) is 2.28. The van der Waals surface area contributed by atoms with E-state index in [2.05, 4.69) is 6.58 Å². The summed E-state index contributed by atoms with van der Waals surface area (Å²) in [5.41, 5.74) is 0.690. The van der Waals surface area contributed by atoms with E-state index < -0.39 is 5.92 Å². The van der Waals surface area contributed by atoms with Gasteiger partial charge in [-0.3, -0.25) is 0 Å². The summed E-state index contributed by atoms with van der Waals surface area (Å²) in [6.07, 6.45) is 0.422. The molecule has 0 atom stereocenters. The summed E-state index contributed by atoms with van der Waals surface area (Å²) in [4.78, 5) is 0. The van der Waals surface area contributed by atoms with E-state index in [1.54, 1.807) is 0 Å². The fraction of sp³-hybridized carbons (Fsp3) is 0.667. The van der Waals surface area contributed by atoms with Crippen molar-refractivity contribution in [3.05, 3.63) is 12.2 Å². The van der Waals surface area contributed by atoms with Crippen molar-refractivity contribution in [1.82, 2.24) is 0 Å². The van der Waals surface area contributed by atoms with Crippen LogP contribution in [0.2, 0.25) is 0 Å². The van der Waals surface area contributed by atoms with Crippen molar-refractivity contribution in [3.63, 3.8) is 0 Å². The van der Waals surface area contributed by atoms with Gasteiger partial charge in [0, 0.05) is 12.8 Å².